The molecule has 1 saturated heterocycles. The van der Waals surface area contributed by atoms with Crippen molar-refractivity contribution in [3.8, 4) is 0 Å². The Morgan fingerprint density at radius 2 is 2.00 bits per heavy atom. The molecule has 0 radical (unpaired) electrons. The first-order chi connectivity index (χ1) is 10.8. The summed E-state index contributed by atoms with van der Waals surface area (Å²) in [4.78, 5) is 16.3. The molecule has 1 fully saturated rings. The first-order valence-corrected chi connectivity index (χ1v) is 10.2. The van der Waals surface area contributed by atoms with Crippen molar-refractivity contribution in [3.05, 3.63) is 0 Å². The molecule has 1 amide bonds. The Balaban J connectivity index is 0.00000529. The number of nitrogens with one attached hydrogen (secondary N) is 3. The molecule has 1 atom stereocenters. The normalized spacial score (nSPS) is 19.7. The van der Waals surface area contributed by atoms with Gasteiger partial charge in [0.1, 0.15) is 0 Å². The average Bonchev–Trinajstić information content (AvgIpc) is 2.77. The standard InChI is InChI=1S/C15H30N4O3S.HI/c1-4-16-15(17-8-5-12(2)3)18-9-6-14(20)19-13-7-10-23(21,22)11-13;/h12-13H,4-11H2,1-3H3,(H,19,20)(H2,16,17,18);1H. The van der Waals surface area contributed by atoms with Crippen LogP contribution in [0.2, 0.25) is 0 Å². The predicted octanol–water partition coefficient (Wildman–Crippen LogP) is 0.899. The monoisotopic (exact) mass is 474 g/mol. The zero-order valence-corrected chi connectivity index (χ0v) is 17.9. The highest BCUT2D eigenvalue weighted by Gasteiger charge is 2.28. The molecule has 1 aliphatic rings. The SMILES string of the molecule is CCNC(=NCCC(C)C)NCCC(=O)NC1CCS(=O)(=O)C1.I. The number of amides is 1. The van der Waals surface area contributed by atoms with Gasteiger partial charge in [0.25, 0.3) is 0 Å². The highest BCUT2D eigenvalue weighted by atomic mass is 127. The van der Waals surface area contributed by atoms with Gasteiger partial charge in [0.2, 0.25) is 5.91 Å². The van der Waals surface area contributed by atoms with Crippen LogP contribution in [-0.4, -0.2) is 57.5 Å². The highest BCUT2D eigenvalue weighted by molar-refractivity contribution is 14.0. The Bertz CT molecular complexity index is 509. The molecule has 1 unspecified atom stereocenters. The van der Waals surface area contributed by atoms with E-state index in [1.807, 2.05) is 6.92 Å². The number of rotatable bonds is 8. The lowest BCUT2D eigenvalue weighted by atomic mass is 10.1. The van der Waals surface area contributed by atoms with E-state index in [0.29, 0.717) is 31.3 Å². The van der Waals surface area contributed by atoms with Gasteiger partial charge in [0, 0.05) is 32.1 Å². The Labute approximate surface area is 162 Å². The summed E-state index contributed by atoms with van der Waals surface area (Å²) in [6.45, 7) is 8.29. The van der Waals surface area contributed by atoms with E-state index >= 15 is 0 Å². The second kappa shape index (κ2) is 11.9. The van der Waals surface area contributed by atoms with E-state index < -0.39 is 9.84 Å². The number of guanidine groups is 1. The molecule has 0 saturated carbocycles. The first-order valence-electron chi connectivity index (χ1n) is 8.34. The lowest BCUT2D eigenvalue weighted by molar-refractivity contribution is -0.121. The van der Waals surface area contributed by atoms with Gasteiger partial charge in [-0.15, -0.1) is 24.0 Å². The molecule has 7 nitrogen and oxygen atoms in total. The summed E-state index contributed by atoms with van der Waals surface area (Å²) in [5, 5.41) is 9.05. The van der Waals surface area contributed by atoms with E-state index in [9.17, 15) is 13.2 Å². The molecule has 142 valence electrons. The van der Waals surface area contributed by atoms with Crippen LogP contribution in [0, 0.1) is 5.92 Å². The van der Waals surface area contributed by atoms with Crippen molar-refractivity contribution in [2.24, 2.45) is 10.9 Å². The molecule has 1 aliphatic heterocycles. The van der Waals surface area contributed by atoms with Gasteiger partial charge in [0.15, 0.2) is 15.8 Å². The van der Waals surface area contributed by atoms with Crippen molar-refractivity contribution >= 4 is 45.7 Å². The second-order valence-corrected chi connectivity index (χ2v) is 8.52. The number of carbonyl (C=O) groups excluding carboxylic acids is 1. The maximum atomic E-state index is 11.8. The molecular formula is C15H31IN4O3S. The lowest BCUT2D eigenvalue weighted by Crippen LogP contribution is -2.41. The smallest absolute Gasteiger partial charge is 0.222 e. The molecule has 1 rings (SSSR count). The van der Waals surface area contributed by atoms with Gasteiger partial charge in [-0.25, -0.2) is 8.42 Å². The third-order valence-electron chi connectivity index (χ3n) is 3.56. The quantitative estimate of drug-likeness (QED) is 0.276. The Hall–Kier alpha value is -0.580. The molecule has 1 heterocycles. The van der Waals surface area contributed by atoms with E-state index in [-0.39, 0.29) is 47.4 Å². The fraction of sp³-hybridized carbons (Fsp3) is 0.867. The van der Waals surface area contributed by atoms with Crippen LogP contribution in [0.25, 0.3) is 0 Å². The Morgan fingerprint density at radius 3 is 2.54 bits per heavy atom. The fourth-order valence-corrected chi connectivity index (χ4v) is 3.95. The molecule has 0 bridgehead atoms. The van der Waals surface area contributed by atoms with Gasteiger partial charge in [-0.3, -0.25) is 9.79 Å². The van der Waals surface area contributed by atoms with Crippen LogP contribution in [0.3, 0.4) is 0 Å². The van der Waals surface area contributed by atoms with Gasteiger partial charge in [-0.1, -0.05) is 13.8 Å². The molecular weight excluding hydrogens is 443 g/mol. The fourth-order valence-electron chi connectivity index (χ4n) is 2.28. The van der Waals surface area contributed by atoms with Gasteiger partial charge in [-0.05, 0) is 25.7 Å². The van der Waals surface area contributed by atoms with Crippen molar-refractivity contribution in [3.63, 3.8) is 0 Å². The van der Waals surface area contributed by atoms with Gasteiger partial charge in [0.05, 0.1) is 11.5 Å². The summed E-state index contributed by atoms with van der Waals surface area (Å²) in [6, 6.07) is -0.236. The average molecular weight is 474 g/mol. The minimum Gasteiger partial charge on any atom is -0.357 e. The van der Waals surface area contributed by atoms with Crippen LogP contribution >= 0.6 is 24.0 Å². The molecule has 0 aromatic heterocycles. The summed E-state index contributed by atoms with van der Waals surface area (Å²) >= 11 is 0. The summed E-state index contributed by atoms with van der Waals surface area (Å²) in [6.07, 6.45) is 1.83. The number of sulfone groups is 1. The first kappa shape index (κ1) is 23.4. The van der Waals surface area contributed by atoms with E-state index in [2.05, 4.69) is 34.8 Å². The van der Waals surface area contributed by atoms with E-state index in [1.54, 1.807) is 0 Å². The summed E-state index contributed by atoms with van der Waals surface area (Å²) < 4.78 is 22.7. The maximum Gasteiger partial charge on any atom is 0.222 e. The highest BCUT2D eigenvalue weighted by Crippen LogP contribution is 2.11. The van der Waals surface area contributed by atoms with Crippen LogP contribution in [0.5, 0.6) is 0 Å². The molecule has 0 aromatic rings. The van der Waals surface area contributed by atoms with Crippen molar-refractivity contribution in [2.45, 2.75) is 46.1 Å². The molecule has 24 heavy (non-hydrogen) atoms. The van der Waals surface area contributed by atoms with Gasteiger partial charge < -0.3 is 16.0 Å². The molecule has 0 aromatic carbocycles. The minimum atomic E-state index is -2.96. The van der Waals surface area contributed by atoms with E-state index in [0.717, 1.165) is 19.5 Å². The lowest BCUT2D eigenvalue weighted by Gasteiger charge is -2.13. The maximum absolute atomic E-state index is 11.8. The zero-order chi connectivity index (χ0) is 17.3. The number of hydrogen-bond acceptors (Lipinski definition) is 4. The Kier molecular flexibility index (Phi) is 11.6. The number of nitrogens with zero attached hydrogens (tertiary/aromatic N) is 1. The number of halogens is 1. The molecule has 0 spiro atoms. The van der Waals surface area contributed by atoms with Crippen molar-refractivity contribution in [2.75, 3.05) is 31.1 Å². The topological polar surface area (TPSA) is 99.7 Å². The third-order valence-corrected chi connectivity index (χ3v) is 5.33. The van der Waals surface area contributed by atoms with Gasteiger partial charge in [-0.2, -0.15) is 0 Å². The van der Waals surface area contributed by atoms with Crippen LogP contribution in [0.1, 0.15) is 40.0 Å². The summed E-state index contributed by atoms with van der Waals surface area (Å²) in [7, 11) is -2.96. The molecule has 3 N–H and O–H groups in total. The van der Waals surface area contributed by atoms with Crippen molar-refractivity contribution < 1.29 is 13.2 Å². The zero-order valence-electron chi connectivity index (χ0n) is 14.8. The summed E-state index contributed by atoms with van der Waals surface area (Å²) in [5.41, 5.74) is 0. The third kappa shape index (κ3) is 10.3. The number of hydrogen-bond donors (Lipinski definition) is 3. The van der Waals surface area contributed by atoms with Crippen molar-refractivity contribution in [1.82, 2.24) is 16.0 Å². The summed E-state index contributed by atoms with van der Waals surface area (Å²) in [5.74, 6) is 1.42. The minimum absolute atomic E-state index is 0. The predicted molar refractivity (Wildman–Crippen MR) is 109 cm³/mol. The second-order valence-electron chi connectivity index (χ2n) is 6.29. The van der Waals surface area contributed by atoms with Crippen LogP contribution in [0.4, 0.5) is 0 Å². The van der Waals surface area contributed by atoms with Gasteiger partial charge >= 0.3 is 0 Å². The van der Waals surface area contributed by atoms with Crippen LogP contribution < -0.4 is 16.0 Å². The van der Waals surface area contributed by atoms with Crippen LogP contribution in [0.15, 0.2) is 4.99 Å². The van der Waals surface area contributed by atoms with E-state index in [1.165, 1.54) is 0 Å². The largest absolute Gasteiger partial charge is 0.357 e. The number of carbonyl (C=O) groups is 1. The van der Waals surface area contributed by atoms with Crippen molar-refractivity contribution in [1.29, 1.82) is 0 Å². The molecule has 9 heteroatoms. The molecule has 0 aliphatic carbocycles. The number of aliphatic imine (C=N–C) groups is 1. The van der Waals surface area contributed by atoms with E-state index in [4.69, 9.17) is 0 Å². The van der Waals surface area contributed by atoms with Crippen LogP contribution in [-0.2, 0) is 14.6 Å². The Morgan fingerprint density at radius 1 is 1.29 bits per heavy atom.